The summed E-state index contributed by atoms with van der Waals surface area (Å²) in [4.78, 5) is 12.2. The number of aliphatic hydroxyl groups is 1. The Morgan fingerprint density at radius 2 is 0.824 bits per heavy atom. The zero-order valence-electron chi connectivity index (χ0n) is 34.1. The molecule has 0 aliphatic rings. The van der Waals surface area contributed by atoms with E-state index < -0.39 is 6.10 Å². The fourth-order valence-electron chi connectivity index (χ4n) is 6.27. The van der Waals surface area contributed by atoms with E-state index in [1.165, 1.54) is 167 Å². The zero-order chi connectivity index (χ0) is 37.0. The van der Waals surface area contributed by atoms with E-state index in [0.717, 1.165) is 32.1 Å². The van der Waals surface area contributed by atoms with Gasteiger partial charge in [-0.2, -0.15) is 0 Å². The van der Waals surface area contributed by atoms with Crippen LogP contribution in [0.1, 0.15) is 219 Å². The van der Waals surface area contributed by atoms with Gasteiger partial charge in [0.15, 0.2) is 0 Å². The van der Waals surface area contributed by atoms with Crippen LogP contribution in [0.4, 0.5) is 0 Å². The van der Waals surface area contributed by atoms with Gasteiger partial charge in [0.2, 0.25) is 0 Å². The minimum atomic E-state index is -0.539. The fraction of sp³-hybridized carbons (Fsp3) is 0.809. The van der Waals surface area contributed by atoms with Crippen molar-refractivity contribution in [3.63, 3.8) is 0 Å². The highest BCUT2D eigenvalue weighted by Crippen LogP contribution is 2.14. The van der Waals surface area contributed by atoms with Crippen LogP contribution in [0.3, 0.4) is 0 Å². The van der Waals surface area contributed by atoms with Gasteiger partial charge in [-0.25, -0.2) is 0 Å². The molecule has 0 spiro atoms. The summed E-state index contributed by atoms with van der Waals surface area (Å²) >= 11 is 0. The lowest BCUT2D eigenvalue weighted by molar-refractivity contribution is -0.154. The molecule has 0 aliphatic heterocycles. The second-order valence-electron chi connectivity index (χ2n) is 14.8. The number of ether oxygens (including phenoxy) is 2. The Kier molecular flexibility index (Phi) is 43.1. The number of hydrogen-bond donors (Lipinski definition) is 1. The molecule has 0 saturated heterocycles. The zero-order valence-corrected chi connectivity index (χ0v) is 34.1. The number of hydrogen-bond acceptors (Lipinski definition) is 4. The highest BCUT2D eigenvalue weighted by atomic mass is 16.6. The molecule has 0 radical (unpaired) electrons. The van der Waals surface area contributed by atoms with Crippen molar-refractivity contribution in [1.29, 1.82) is 0 Å². The minimum absolute atomic E-state index is 0.176. The number of carbonyl (C=O) groups excluding carboxylic acids is 1. The third-order valence-corrected chi connectivity index (χ3v) is 9.63. The second-order valence-corrected chi connectivity index (χ2v) is 14.8. The Balaban J connectivity index is 3.44. The fourth-order valence-corrected chi connectivity index (χ4v) is 6.27. The highest BCUT2D eigenvalue weighted by molar-refractivity contribution is 5.69. The first-order valence-corrected chi connectivity index (χ1v) is 22.2. The summed E-state index contributed by atoms with van der Waals surface area (Å²) in [5.41, 5.74) is 0. The maximum Gasteiger partial charge on any atom is 0.306 e. The van der Waals surface area contributed by atoms with Crippen LogP contribution < -0.4 is 0 Å². The van der Waals surface area contributed by atoms with Crippen LogP contribution >= 0.6 is 0 Å². The molecule has 0 aromatic carbocycles. The Hall–Kier alpha value is -1.65. The largest absolute Gasteiger partial charge is 0.457 e. The van der Waals surface area contributed by atoms with Crippen LogP contribution in [0.15, 0.2) is 48.6 Å². The van der Waals surface area contributed by atoms with Gasteiger partial charge < -0.3 is 14.6 Å². The van der Waals surface area contributed by atoms with Gasteiger partial charge in [0.05, 0.1) is 13.2 Å². The molecule has 4 nitrogen and oxygen atoms in total. The van der Waals surface area contributed by atoms with Crippen molar-refractivity contribution in [2.75, 3.05) is 19.8 Å². The van der Waals surface area contributed by atoms with Crippen molar-refractivity contribution in [2.24, 2.45) is 0 Å². The first-order valence-electron chi connectivity index (χ1n) is 22.2. The Morgan fingerprint density at radius 1 is 0.471 bits per heavy atom. The predicted molar refractivity (Wildman–Crippen MR) is 223 cm³/mol. The van der Waals surface area contributed by atoms with Gasteiger partial charge in [-0.15, -0.1) is 0 Å². The molecule has 0 aromatic rings. The Morgan fingerprint density at radius 3 is 1.27 bits per heavy atom. The van der Waals surface area contributed by atoms with Crippen LogP contribution in [-0.2, 0) is 14.3 Å². The van der Waals surface area contributed by atoms with Gasteiger partial charge >= 0.3 is 5.97 Å². The summed E-state index contributed by atoms with van der Waals surface area (Å²) in [6, 6.07) is 0. The molecule has 0 fully saturated rings. The van der Waals surface area contributed by atoms with Crippen LogP contribution in [0.2, 0.25) is 0 Å². The summed E-state index contributed by atoms with van der Waals surface area (Å²) in [7, 11) is 0. The van der Waals surface area contributed by atoms with Crippen molar-refractivity contribution < 1.29 is 19.4 Å². The maximum absolute atomic E-state index is 12.2. The van der Waals surface area contributed by atoms with Crippen LogP contribution in [0.5, 0.6) is 0 Å². The SMILES string of the molecule is CCCCCC/C=C\CCCCCCCCOCC(CO)OC(=O)CCCCCCCCCCCC/C=C\C/C=C\C/C=C\CCCCCCC. The lowest BCUT2D eigenvalue weighted by atomic mass is 10.0. The van der Waals surface area contributed by atoms with Gasteiger partial charge in [-0.05, 0) is 77.0 Å². The molecule has 298 valence electrons. The number of rotatable bonds is 41. The first-order chi connectivity index (χ1) is 25.2. The molecule has 51 heavy (non-hydrogen) atoms. The third kappa shape index (κ3) is 42.7. The number of carbonyl (C=O) groups is 1. The monoisotopic (exact) mass is 715 g/mol. The third-order valence-electron chi connectivity index (χ3n) is 9.63. The van der Waals surface area contributed by atoms with E-state index in [2.05, 4.69) is 62.5 Å². The first kappa shape index (κ1) is 49.4. The lowest BCUT2D eigenvalue weighted by Gasteiger charge is -2.15. The molecule has 0 rings (SSSR count). The van der Waals surface area contributed by atoms with E-state index in [-0.39, 0.29) is 12.6 Å². The number of esters is 1. The van der Waals surface area contributed by atoms with Crippen LogP contribution in [-0.4, -0.2) is 37.0 Å². The normalized spacial score (nSPS) is 12.8. The Bertz CT molecular complexity index is 798. The molecule has 1 N–H and O–H groups in total. The molecule has 0 heterocycles. The van der Waals surface area contributed by atoms with E-state index in [4.69, 9.17) is 9.47 Å². The van der Waals surface area contributed by atoms with Gasteiger partial charge in [-0.3, -0.25) is 4.79 Å². The Labute approximate surface area is 318 Å². The summed E-state index contributed by atoms with van der Waals surface area (Å²) in [6.07, 6.45) is 57.4. The quantitative estimate of drug-likeness (QED) is 0.0389. The summed E-state index contributed by atoms with van der Waals surface area (Å²) < 4.78 is 11.2. The van der Waals surface area contributed by atoms with Crippen LogP contribution in [0, 0.1) is 0 Å². The molecule has 1 unspecified atom stereocenters. The molecule has 1 atom stereocenters. The molecule has 0 saturated carbocycles. The molecule has 0 bridgehead atoms. The predicted octanol–water partition coefficient (Wildman–Crippen LogP) is 14.7. The minimum Gasteiger partial charge on any atom is -0.457 e. The van der Waals surface area contributed by atoms with E-state index in [1.54, 1.807) is 0 Å². The molecule has 4 heteroatoms. The van der Waals surface area contributed by atoms with Crippen molar-refractivity contribution in [3.8, 4) is 0 Å². The van der Waals surface area contributed by atoms with Gasteiger partial charge in [0, 0.05) is 13.0 Å². The van der Waals surface area contributed by atoms with E-state index >= 15 is 0 Å². The number of unbranched alkanes of at least 4 members (excludes halogenated alkanes) is 25. The van der Waals surface area contributed by atoms with E-state index in [1.807, 2.05) is 0 Å². The van der Waals surface area contributed by atoms with Gasteiger partial charge in [0.25, 0.3) is 0 Å². The molecule has 0 amide bonds. The van der Waals surface area contributed by atoms with Gasteiger partial charge in [-0.1, -0.05) is 184 Å². The van der Waals surface area contributed by atoms with Crippen molar-refractivity contribution in [1.82, 2.24) is 0 Å². The summed E-state index contributed by atoms with van der Waals surface area (Å²) in [6.45, 7) is 5.32. The molecular weight excluding hydrogens is 629 g/mol. The number of allylic oxidation sites excluding steroid dienone is 8. The van der Waals surface area contributed by atoms with Crippen molar-refractivity contribution in [2.45, 2.75) is 225 Å². The van der Waals surface area contributed by atoms with Crippen LogP contribution in [0.25, 0.3) is 0 Å². The topological polar surface area (TPSA) is 55.8 Å². The van der Waals surface area contributed by atoms with Crippen molar-refractivity contribution in [3.05, 3.63) is 48.6 Å². The average Bonchev–Trinajstić information content (AvgIpc) is 3.14. The summed E-state index contributed by atoms with van der Waals surface area (Å²) in [5.74, 6) is -0.207. The van der Waals surface area contributed by atoms with E-state index in [9.17, 15) is 9.90 Å². The standard InChI is InChI=1S/C47H86O4/c1-3-5-7-9-11-13-15-17-19-20-21-22-23-24-25-26-27-28-29-30-32-34-36-38-40-42-47(49)51-46(44-48)45-50-43-41-39-37-35-33-31-18-16-14-12-10-8-6-4-2/h14-17,20-21,23-24,46,48H,3-13,18-19,22,25-45H2,1-2H3/b16-14-,17-15-,21-20-,24-23-. The van der Waals surface area contributed by atoms with E-state index in [0.29, 0.717) is 19.6 Å². The number of aliphatic hydroxyl groups excluding tert-OH is 1. The highest BCUT2D eigenvalue weighted by Gasteiger charge is 2.13. The van der Waals surface area contributed by atoms with Gasteiger partial charge in [0.1, 0.15) is 6.10 Å². The average molecular weight is 715 g/mol. The summed E-state index contributed by atoms with van der Waals surface area (Å²) in [5, 5.41) is 9.60. The lowest BCUT2D eigenvalue weighted by Crippen LogP contribution is -2.27. The smallest absolute Gasteiger partial charge is 0.306 e. The molecule has 0 aliphatic carbocycles. The second kappa shape index (κ2) is 44.5. The maximum atomic E-state index is 12.2. The van der Waals surface area contributed by atoms with Crippen molar-refractivity contribution >= 4 is 5.97 Å². The molecular formula is C47H86O4. The molecule has 0 aromatic heterocycles.